The van der Waals surface area contributed by atoms with Crippen LogP contribution in [-0.4, -0.2) is 41.5 Å². The van der Waals surface area contributed by atoms with E-state index in [-0.39, 0.29) is 11.8 Å². The van der Waals surface area contributed by atoms with E-state index in [0.29, 0.717) is 29.8 Å². The number of hydrogen-bond donors (Lipinski definition) is 2. The zero-order valence-electron chi connectivity index (χ0n) is 14.8. The Balaban J connectivity index is 2.14. The van der Waals surface area contributed by atoms with Crippen LogP contribution >= 0.6 is 0 Å². The van der Waals surface area contributed by atoms with Crippen LogP contribution in [0.5, 0.6) is 0 Å². The molecule has 5 nitrogen and oxygen atoms in total. The molecule has 0 aliphatic rings. The lowest BCUT2D eigenvalue weighted by Crippen LogP contribution is -2.29. The summed E-state index contributed by atoms with van der Waals surface area (Å²) in [4.78, 5) is 26.4. The van der Waals surface area contributed by atoms with Crippen molar-refractivity contribution in [1.82, 2.24) is 4.90 Å². The van der Waals surface area contributed by atoms with Gasteiger partial charge in [0.1, 0.15) is 0 Å². The lowest BCUT2D eigenvalue weighted by atomic mass is 10.1. The van der Waals surface area contributed by atoms with Crippen LogP contribution in [0.4, 0.5) is 5.69 Å². The predicted molar refractivity (Wildman–Crippen MR) is 98.8 cm³/mol. The van der Waals surface area contributed by atoms with Gasteiger partial charge in [0.05, 0.1) is 6.10 Å². The first-order valence-corrected chi connectivity index (χ1v) is 8.29. The molecule has 25 heavy (non-hydrogen) atoms. The molecule has 0 saturated heterocycles. The van der Waals surface area contributed by atoms with Gasteiger partial charge in [0, 0.05) is 30.4 Å². The minimum absolute atomic E-state index is 0.143. The molecule has 1 unspecified atom stereocenters. The van der Waals surface area contributed by atoms with Crippen molar-refractivity contribution in [3.63, 3.8) is 0 Å². The highest BCUT2D eigenvalue weighted by Crippen LogP contribution is 2.19. The third-order valence-corrected chi connectivity index (χ3v) is 4.00. The summed E-state index contributed by atoms with van der Waals surface area (Å²) in [5, 5.41) is 12.2. The number of aliphatic hydroxyl groups excluding tert-OH is 1. The Labute approximate surface area is 148 Å². The van der Waals surface area contributed by atoms with Gasteiger partial charge in [0.25, 0.3) is 11.8 Å². The number of benzene rings is 2. The number of aryl methyl sites for hydroxylation is 1. The molecule has 2 rings (SSSR count). The fourth-order valence-corrected chi connectivity index (χ4v) is 2.38. The molecule has 0 aromatic heterocycles. The van der Waals surface area contributed by atoms with Crippen LogP contribution in [0.3, 0.4) is 0 Å². The molecule has 2 amide bonds. The maximum Gasteiger partial charge on any atom is 0.255 e. The van der Waals surface area contributed by atoms with E-state index in [0.717, 1.165) is 5.56 Å². The molecular weight excluding hydrogens is 316 g/mol. The fourth-order valence-electron chi connectivity index (χ4n) is 2.38. The van der Waals surface area contributed by atoms with Crippen LogP contribution in [0.25, 0.3) is 0 Å². The molecule has 0 heterocycles. The third kappa shape index (κ3) is 5.16. The van der Waals surface area contributed by atoms with Crippen molar-refractivity contribution < 1.29 is 14.7 Å². The number of anilines is 1. The summed E-state index contributed by atoms with van der Waals surface area (Å²) in [6.45, 7) is 4.05. The number of nitrogens with one attached hydrogen (secondary N) is 1. The van der Waals surface area contributed by atoms with Gasteiger partial charge in [-0.05, 0) is 50.1 Å². The molecule has 0 fully saturated rings. The second-order valence-corrected chi connectivity index (χ2v) is 6.21. The summed E-state index contributed by atoms with van der Waals surface area (Å²) in [5.74, 6) is -0.355. The SMILES string of the molecule is Cc1ccc(C(=O)N(C)CCC(C)O)cc1NC(=O)c1ccccc1. The van der Waals surface area contributed by atoms with Crippen molar-refractivity contribution in [1.29, 1.82) is 0 Å². The van der Waals surface area contributed by atoms with Crippen molar-refractivity contribution in [3.05, 3.63) is 65.2 Å². The van der Waals surface area contributed by atoms with Crippen molar-refractivity contribution >= 4 is 17.5 Å². The summed E-state index contributed by atoms with van der Waals surface area (Å²) in [7, 11) is 1.70. The molecule has 2 N–H and O–H groups in total. The van der Waals surface area contributed by atoms with Crippen LogP contribution in [-0.2, 0) is 0 Å². The summed E-state index contributed by atoms with van der Waals surface area (Å²) < 4.78 is 0. The Bertz CT molecular complexity index is 742. The molecule has 132 valence electrons. The molecule has 2 aromatic carbocycles. The van der Waals surface area contributed by atoms with E-state index in [1.165, 1.54) is 0 Å². The van der Waals surface area contributed by atoms with Crippen LogP contribution < -0.4 is 5.32 Å². The van der Waals surface area contributed by atoms with E-state index in [4.69, 9.17) is 0 Å². The molecule has 2 aromatic rings. The largest absolute Gasteiger partial charge is 0.393 e. The van der Waals surface area contributed by atoms with Crippen molar-refractivity contribution in [2.75, 3.05) is 18.9 Å². The summed E-state index contributed by atoms with van der Waals surface area (Å²) in [5.41, 5.74) is 2.56. The number of carbonyl (C=O) groups excluding carboxylic acids is 2. The smallest absolute Gasteiger partial charge is 0.255 e. The maximum atomic E-state index is 12.5. The standard InChI is InChI=1S/C20H24N2O3/c1-14-9-10-17(20(25)22(3)12-11-15(2)23)13-18(14)21-19(24)16-7-5-4-6-8-16/h4-10,13,15,23H,11-12H2,1-3H3,(H,21,24). The summed E-state index contributed by atoms with van der Waals surface area (Å²) in [6, 6.07) is 14.2. The van der Waals surface area contributed by atoms with Gasteiger partial charge in [-0.2, -0.15) is 0 Å². The van der Waals surface area contributed by atoms with Crippen molar-refractivity contribution in [3.8, 4) is 0 Å². The van der Waals surface area contributed by atoms with E-state index in [1.54, 1.807) is 55.3 Å². The Morgan fingerprint density at radius 3 is 2.44 bits per heavy atom. The van der Waals surface area contributed by atoms with Gasteiger partial charge < -0.3 is 15.3 Å². The Morgan fingerprint density at radius 1 is 1.12 bits per heavy atom. The van der Waals surface area contributed by atoms with Gasteiger partial charge in [0.15, 0.2) is 0 Å². The van der Waals surface area contributed by atoms with Crippen molar-refractivity contribution in [2.45, 2.75) is 26.4 Å². The zero-order chi connectivity index (χ0) is 18.4. The number of amides is 2. The van der Waals surface area contributed by atoms with Crippen LogP contribution in [0, 0.1) is 6.92 Å². The van der Waals surface area contributed by atoms with Gasteiger partial charge in [-0.1, -0.05) is 24.3 Å². The van der Waals surface area contributed by atoms with Gasteiger partial charge >= 0.3 is 0 Å². The minimum Gasteiger partial charge on any atom is -0.393 e. The van der Waals surface area contributed by atoms with E-state index in [1.807, 2.05) is 19.1 Å². The van der Waals surface area contributed by atoms with E-state index in [9.17, 15) is 14.7 Å². The second-order valence-electron chi connectivity index (χ2n) is 6.21. The molecule has 5 heteroatoms. The quantitative estimate of drug-likeness (QED) is 0.849. The average Bonchev–Trinajstić information content (AvgIpc) is 2.61. The Morgan fingerprint density at radius 2 is 1.80 bits per heavy atom. The molecule has 0 saturated carbocycles. The first-order valence-electron chi connectivity index (χ1n) is 8.29. The first kappa shape index (κ1) is 18.7. The Hall–Kier alpha value is -2.66. The third-order valence-electron chi connectivity index (χ3n) is 4.00. The van der Waals surface area contributed by atoms with Gasteiger partial charge in [-0.3, -0.25) is 9.59 Å². The topological polar surface area (TPSA) is 69.6 Å². The monoisotopic (exact) mass is 340 g/mol. The predicted octanol–water partition coefficient (Wildman–Crippen LogP) is 3.09. The molecule has 0 radical (unpaired) electrons. The maximum absolute atomic E-state index is 12.5. The van der Waals surface area contributed by atoms with Crippen LogP contribution in [0.1, 0.15) is 39.6 Å². The van der Waals surface area contributed by atoms with Crippen molar-refractivity contribution in [2.24, 2.45) is 0 Å². The number of aliphatic hydroxyl groups is 1. The molecule has 0 spiro atoms. The van der Waals surface area contributed by atoms with E-state index >= 15 is 0 Å². The second kappa shape index (κ2) is 8.44. The van der Waals surface area contributed by atoms with Crippen LogP contribution in [0.2, 0.25) is 0 Å². The highest BCUT2D eigenvalue weighted by molar-refractivity contribution is 6.05. The number of nitrogens with zero attached hydrogens (tertiary/aromatic N) is 1. The lowest BCUT2D eigenvalue weighted by molar-refractivity contribution is 0.0768. The lowest BCUT2D eigenvalue weighted by Gasteiger charge is -2.19. The molecular formula is C20H24N2O3. The highest BCUT2D eigenvalue weighted by atomic mass is 16.3. The van der Waals surface area contributed by atoms with Crippen LogP contribution in [0.15, 0.2) is 48.5 Å². The van der Waals surface area contributed by atoms with E-state index < -0.39 is 6.10 Å². The molecule has 1 atom stereocenters. The normalized spacial score (nSPS) is 11.7. The number of hydrogen-bond acceptors (Lipinski definition) is 3. The Kier molecular flexibility index (Phi) is 6.31. The number of rotatable bonds is 6. The highest BCUT2D eigenvalue weighted by Gasteiger charge is 2.15. The fraction of sp³-hybridized carbons (Fsp3) is 0.300. The first-order chi connectivity index (χ1) is 11.9. The summed E-state index contributed by atoms with van der Waals surface area (Å²) in [6.07, 6.45) is 0.0695. The zero-order valence-corrected chi connectivity index (χ0v) is 14.8. The van der Waals surface area contributed by atoms with Gasteiger partial charge in [-0.15, -0.1) is 0 Å². The van der Waals surface area contributed by atoms with Gasteiger partial charge in [-0.25, -0.2) is 0 Å². The molecule has 0 aliphatic carbocycles. The average molecular weight is 340 g/mol. The van der Waals surface area contributed by atoms with Gasteiger partial charge in [0.2, 0.25) is 0 Å². The molecule has 0 bridgehead atoms. The summed E-state index contributed by atoms with van der Waals surface area (Å²) >= 11 is 0. The van der Waals surface area contributed by atoms with E-state index in [2.05, 4.69) is 5.32 Å². The molecule has 0 aliphatic heterocycles. The minimum atomic E-state index is -0.450. The number of carbonyl (C=O) groups is 2.